The monoisotopic (exact) mass is 765 g/mol. The van der Waals surface area contributed by atoms with Gasteiger partial charge < -0.3 is 28.4 Å². The van der Waals surface area contributed by atoms with Crippen LogP contribution >= 0.6 is 35.0 Å². The molecule has 1 atom stereocenters. The van der Waals surface area contributed by atoms with E-state index < -0.39 is 10.8 Å². The van der Waals surface area contributed by atoms with Crippen molar-refractivity contribution in [3.63, 3.8) is 0 Å². The Bertz CT molecular complexity index is 1550. The van der Waals surface area contributed by atoms with Gasteiger partial charge in [-0.3, -0.25) is 18.6 Å². The quantitative estimate of drug-likeness (QED) is 0.0669. The summed E-state index contributed by atoms with van der Waals surface area (Å²) in [6.07, 6.45) is 2.72. The zero-order valence-corrected chi connectivity index (χ0v) is 31.0. The number of hydroxylamine groups is 2. The van der Waals surface area contributed by atoms with E-state index in [1.807, 2.05) is 6.92 Å². The molecule has 236 valence electrons. The van der Waals surface area contributed by atoms with E-state index in [2.05, 4.69) is 26.0 Å². The van der Waals surface area contributed by atoms with E-state index in [9.17, 15) is 13.8 Å². The van der Waals surface area contributed by atoms with E-state index in [1.165, 1.54) is 38.3 Å². The maximum atomic E-state index is 12.3. The number of carbonyl (C=O) groups excluding carboxylic acids is 2. The first-order valence-electron chi connectivity index (χ1n) is 12.5. The van der Waals surface area contributed by atoms with Crippen LogP contribution in [0.25, 0.3) is 0 Å². The molecule has 2 aromatic carbocycles. The molecule has 0 saturated heterocycles. The van der Waals surface area contributed by atoms with E-state index in [1.54, 1.807) is 55.5 Å². The molecule has 4 N–H and O–H groups in total. The van der Waals surface area contributed by atoms with Gasteiger partial charge in [0.1, 0.15) is 17.2 Å². The Balaban J connectivity index is 0.000000693. The first-order chi connectivity index (χ1) is 20.5. The maximum Gasteiger partial charge on any atom is 2.00 e. The van der Waals surface area contributed by atoms with E-state index in [0.717, 1.165) is 15.8 Å². The minimum Gasteiger partial charge on any atom is -1.00 e. The first kappa shape index (κ1) is 42.6. The van der Waals surface area contributed by atoms with Gasteiger partial charge in [-0.05, 0) is 30.0 Å². The second kappa shape index (κ2) is 22.2. The summed E-state index contributed by atoms with van der Waals surface area (Å²) in [4.78, 5) is 44.6. The van der Waals surface area contributed by atoms with Crippen LogP contribution < -0.4 is 28.4 Å². The number of hydrogen-bond donors (Lipinski definition) is 2. The van der Waals surface area contributed by atoms with Gasteiger partial charge in [-0.15, -0.1) is 11.6 Å². The Hall–Kier alpha value is -2.37. The van der Waals surface area contributed by atoms with Crippen LogP contribution in [0, 0.1) is 6.07 Å². The average Bonchev–Trinajstić information content (AvgIpc) is 3.01. The van der Waals surface area contributed by atoms with Crippen LogP contribution in [0.5, 0.6) is 0 Å². The van der Waals surface area contributed by atoms with Crippen LogP contribution in [-0.4, -0.2) is 89.6 Å². The van der Waals surface area contributed by atoms with Crippen molar-refractivity contribution in [1.29, 1.82) is 0 Å². The Morgan fingerprint density at radius 1 is 0.956 bits per heavy atom. The van der Waals surface area contributed by atoms with Crippen LogP contribution in [0.3, 0.4) is 0 Å². The molecule has 0 saturated carbocycles. The molecule has 0 aliphatic carbocycles. The number of aromatic nitrogens is 4. The summed E-state index contributed by atoms with van der Waals surface area (Å²) in [5, 5.41) is 3.08. The standard InChI is InChI=1S/C13H12ClN3O2S.C9H14N4O2S.C6H4Cl.BrH.Mg/c1-2-20(19)13-16-7-10(12(15)17-13)11(18)8-3-5-9(14)6-4-8;1-4-16-9-11-5-6(7(10)12-9)8(14)13(2)15-3;7-6-4-2-1-3-5-6;;/h3-7H,2H2,1H3,(H2,15,16,17);5H,4H2,1-3H3,(H2,10,11,12);2-5H;1H;/q;;-1;;+2/p-1. The van der Waals surface area contributed by atoms with Crippen molar-refractivity contribution in [1.82, 2.24) is 25.0 Å². The summed E-state index contributed by atoms with van der Waals surface area (Å²) in [5.74, 6) is 0.770. The molecule has 2 aromatic heterocycles. The predicted octanol–water partition coefficient (Wildman–Crippen LogP) is 1.64. The van der Waals surface area contributed by atoms with Crippen LogP contribution in [0.2, 0.25) is 10.0 Å². The van der Waals surface area contributed by atoms with Crippen molar-refractivity contribution >= 4 is 92.1 Å². The summed E-state index contributed by atoms with van der Waals surface area (Å²) in [5.41, 5.74) is 12.3. The summed E-state index contributed by atoms with van der Waals surface area (Å²) in [6.45, 7) is 3.74. The van der Waals surface area contributed by atoms with Crippen molar-refractivity contribution < 1.29 is 35.6 Å². The molecule has 0 radical (unpaired) electrons. The Kier molecular flexibility index (Phi) is 21.0. The van der Waals surface area contributed by atoms with Gasteiger partial charge in [0.25, 0.3) is 5.91 Å². The fourth-order valence-corrected chi connectivity index (χ4v) is 4.34. The van der Waals surface area contributed by atoms with Gasteiger partial charge in [0.2, 0.25) is 5.16 Å². The second-order valence-electron chi connectivity index (χ2n) is 8.01. The average molecular weight is 768 g/mol. The second-order valence-corrected chi connectivity index (χ2v) is 11.7. The van der Waals surface area contributed by atoms with Crippen molar-refractivity contribution in [2.45, 2.75) is 24.2 Å². The molecule has 2 heterocycles. The third-order valence-electron chi connectivity index (χ3n) is 5.15. The smallest absolute Gasteiger partial charge is 1.00 e. The molecule has 17 heteroatoms. The molecule has 0 aliphatic rings. The number of amides is 1. The van der Waals surface area contributed by atoms with Gasteiger partial charge in [0, 0.05) is 35.8 Å². The van der Waals surface area contributed by atoms with Crippen molar-refractivity contribution in [3.05, 3.63) is 93.7 Å². The van der Waals surface area contributed by atoms with E-state index >= 15 is 0 Å². The number of halogens is 3. The number of thioether (sulfide) groups is 1. The van der Waals surface area contributed by atoms with Gasteiger partial charge >= 0.3 is 23.1 Å². The molecular weight excluding hydrogens is 738 g/mol. The third kappa shape index (κ3) is 13.9. The van der Waals surface area contributed by atoms with E-state index in [4.69, 9.17) is 39.5 Å². The first-order valence-corrected chi connectivity index (χ1v) is 15.6. The van der Waals surface area contributed by atoms with E-state index in [-0.39, 0.29) is 79.6 Å². The number of rotatable bonds is 8. The summed E-state index contributed by atoms with van der Waals surface area (Å²) >= 11 is 12.8. The molecule has 0 bridgehead atoms. The van der Waals surface area contributed by atoms with Gasteiger partial charge in [-0.1, -0.05) is 42.2 Å². The van der Waals surface area contributed by atoms with Gasteiger partial charge in [-0.25, -0.2) is 25.0 Å². The zero-order valence-electron chi connectivity index (χ0n) is 24.9. The van der Waals surface area contributed by atoms with Crippen molar-refractivity contribution in [2.75, 3.05) is 37.1 Å². The SMILES string of the molecule is CCS(=O)c1ncc(C(=O)c2ccc(Cl)cc2)c(N)n1.CCSc1ncc(C(=O)N(C)OC)c(N)n1.Clc1cc[c-]cc1.[Br-].[Mg+2]. The van der Waals surface area contributed by atoms with Gasteiger partial charge in [-0.2, -0.15) is 30.3 Å². The number of nitrogens with zero attached hydrogens (tertiary/aromatic N) is 5. The number of nitrogen functional groups attached to an aromatic ring is 2. The summed E-state index contributed by atoms with van der Waals surface area (Å²) in [7, 11) is 1.59. The van der Waals surface area contributed by atoms with Crippen LogP contribution in [0.1, 0.15) is 40.1 Å². The predicted molar refractivity (Wildman–Crippen MR) is 176 cm³/mol. The van der Waals surface area contributed by atoms with Crippen LogP contribution in [0.4, 0.5) is 11.6 Å². The fourth-order valence-electron chi connectivity index (χ4n) is 2.91. The largest absolute Gasteiger partial charge is 2.00 e. The Morgan fingerprint density at radius 2 is 1.51 bits per heavy atom. The Labute approximate surface area is 305 Å². The minimum absolute atomic E-state index is 0. The summed E-state index contributed by atoms with van der Waals surface area (Å²) in [6, 6.07) is 16.4. The van der Waals surface area contributed by atoms with Crippen molar-refractivity contribution in [3.8, 4) is 0 Å². The number of hydrogen-bond acceptors (Lipinski definition) is 11. The number of benzene rings is 2. The minimum atomic E-state index is -1.30. The van der Waals surface area contributed by atoms with E-state index in [0.29, 0.717) is 21.5 Å². The summed E-state index contributed by atoms with van der Waals surface area (Å²) < 4.78 is 11.6. The topological polar surface area (TPSA) is 167 Å². The molecule has 45 heavy (non-hydrogen) atoms. The normalized spacial score (nSPS) is 10.4. The van der Waals surface area contributed by atoms with Crippen LogP contribution in [0.15, 0.2) is 71.2 Å². The molecule has 11 nitrogen and oxygen atoms in total. The van der Waals surface area contributed by atoms with Crippen LogP contribution in [-0.2, 0) is 15.6 Å². The molecule has 0 spiro atoms. The number of anilines is 2. The molecule has 4 aromatic rings. The number of nitrogens with two attached hydrogens (primary N) is 2. The maximum absolute atomic E-state index is 12.3. The third-order valence-corrected chi connectivity index (χ3v) is 7.53. The molecule has 1 amide bonds. The molecule has 0 fully saturated rings. The molecule has 1 unspecified atom stereocenters. The van der Waals surface area contributed by atoms with Gasteiger partial charge in [0.05, 0.1) is 23.5 Å². The molecule has 0 aliphatic heterocycles. The van der Waals surface area contributed by atoms with Gasteiger partial charge in [0.15, 0.2) is 10.9 Å². The molecule has 4 rings (SSSR count). The fraction of sp³-hybridized carbons (Fsp3) is 0.214. The zero-order chi connectivity index (χ0) is 31.9. The number of carbonyl (C=O) groups is 2. The Morgan fingerprint density at radius 3 is 1.98 bits per heavy atom. The van der Waals surface area contributed by atoms with Crippen molar-refractivity contribution in [2.24, 2.45) is 0 Å². The molecular formula is C28H30BrCl2MgN7O4S2. The number of ketones is 1.